The van der Waals surface area contributed by atoms with Crippen LogP contribution in [0.2, 0.25) is 0 Å². The average molecular weight is 430 g/mol. The Kier molecular flexibility index (Phi) is 5.33. The maximum absolute atomic E-state index is 13.6. The molecular weight excluding hydrogens is 402 g/mol. The van der Waals surface area contributed by atoms with Crippen LogP contribution in [0.15, 0.2) is 70.3 Å². The summed E-state index contributed by atoms with van der Waals surface area (Å²) in [6.45, 7) is 2.09. The molecule has 2 heterocycles. The van der Waals surface area contributed by atoms with Crippen molar-refractivity contribution in [2.45, 2.75) is 57.5 Å². The summed E-state index contributed by atoms with van der Waals surface area (Å²) in [5, 5.41) is 11.7. The third kappa shape index (κ3) is 3.42. The Hall–Kier alpha value is -3.34. The van der Waals surface area contributed by atoms with Crippen molar-refractivity contribution in [2.24, 2.45) is 0 Å². The van der Waals surface area contributed by atoms with Crippen molar-refractivity contribution in [3.05, 3.63) is 82.8 Å². The van der Waals surface area contributed by atoms with E-state index in [2.05, 4.69) is 6.92 Å². The van der Waals surface area contributed by atoms with Gasteiger partial charge in [0, 0.05) is 11.4 Å². The summed E-state index contributed by atoms with van der Waals surface area (Å²) in [5.41, 5.74) is 2.74. The van der Waals surface area contributed by atoms with Crippen molar-refractivity contribution >= 4 is 22.7 Å². The van der Waals surface area contributed by atoms with Crippen LogP contribution in [0.5, 0.6) is 0 Å². The number of benzene rings is 2. The van der Waals surface area contributed by atoms with E-state index >= 15 is 0 Å². The smallest absolute Gasteiger partial charge is 0.290 e. The van der Waals surface area contributed by atoms with Gasteiger partial charge >= 0.3 is 0 Å². The van der Waals surface area contributed by atoms with Crippen molar-refractivity contribution in [3.8, 4) is 0 Å². The Morgan fingerprint density at radius 2 is 1.78 bits per heavy atom. The molecule has 0 radical (unpaired) electrons. The summed E-state index contributed by atoms with van der Waals surface area (Å²) in [5.74, 6) is -1.21. The molecule has 1 fully saturated rings. The molecule has 32 heavy (non-hydrogen) atoms. The van der Waals surface area contributed by atoms with Crippen LogP contribution in [-0.2, 0) is 11.2 Å². The van der Waals surface area contributed by atoms with Crippen molar-refractivity contribution in [3.63, 3.8) is 0 Å². The minimum absolute atomic E-state index is 0.00947. The van der Waals surface area contributed by atoms with Crippen LogP contribution >= 0.6 is 0 Å². The molecule has 3 aromatic rings. The molecule has 1 saturated carbocycles. The molecule has 1 atom stereocenters. The van der Waals surface area contributed by atoms with E-state index in [1.165, 1.54) is 5.56 Å². The number of rotatable bonds is 5. The Morgan fingerprint density at radius 1 is 1.06 bits per heavy atom. The van der Waals surface area contributed by atoms with Crippen LogP contribution in [0.4, 0.5) is 0 Å². The van der Waals surface area contributed by atoms with Crippen molar-refractivity contribution in [2.75, 3.05) is 0 Å². The molecule has 0 bridgehead atoms. The molecule has 1 amide bonds. The van der Waals surface area contributed by atoms with Crippen molar-refractivity contribution < 1.29 is 19.1 Å². The zero-order chi connectivity index (χ0) is 22.2. The quantitative estimate of drug-likeness (QED) is 0.512. The minimum atomic E-state index is -0.614. The topological polar surface area (TPSA) is 70.7 Å². The first-order valence-corrected chi connectivity index (χ1v) is 11.5. The fraction of sp³-hybridized carbons (Fsp3) is 0.333. The van der Waals surface area contributed by atoms with Gasteiger partial charge in [0.25, 0.3) is 5.91 Å². The van der Waals surface area contributed by atoms with Gasteiger partial charge in [-0.15, -0.1) is 0 Å². The van der Waals surface area contributed by atoms with E-state index in [9.17, 15) is 14.7 Å². The Bertz CT molecular complexity index is 1160. The second-order valence-corrected chi connectivity index (χ2v) is 8.74. The number of hydrogen-bond donors (Lipinski definition) is 1. The predicted molar refractivity (Wildman–Crippen MR) is 122 cm³/mol. The second-order valence-electron chi connectivity index (χ2n) is 8.74. The number of carbonyl (C=O) groups is 2. The molecule has 164 valence electrons. The number of carbonyl (C=O) groups excluding carboxylic acids is 2. The van der Waals surface area contributed by atoms with Crippen molar-refractivity contribution in [1.82, 2.24) is 4.90 Å². The van der Waals surface area contributed by atoms with Gasteiger partial charge in [-0.05, 0) is 42.5 Å². The van der Waals surface area contributed by atoms with Gasteiger partial charge in [0.2, 0.25) is 5.78 Å². The summed E-state index contributed by atoms with van der Waals surface area (Å²) >= 11 is 0. The SMILES string of the molecule is CCc1ccc(C2C(C(=O)c3cc4ccccc4o3)=C(O)C(=O)N2C2CCCCC2)cc1. The van der Waals surface area contributed by atoms with Gasteiger partial charge in [-0.1, -0.05) is 68.7 Å². The van der Waals surface area contributed by atoms with Gasteiger partial charge in [-0.2, -0.15) is 0 Å². The first kappa shape index (κ1) is 20.6. The molecule has 5 nitrogen and oxygen atoms in total. The molecule has 1 aromatic heterocycles. The van der Waals surface area contributed by atoms with Gasteiger partial charge in [0.1, 0.15) is 5.58 Å². The predicted octanol–water partition coefficient (Wildman–Crippen LogP) is 5.91. The average Bonchev–Trinajstić information content (AvgIpc) is 3.38. The van der Waals surface area contributed by atoms with Crippen LogP contribution in [0.25, 0.3) is 11.0 Å². The number of Topliss-reactive ketones (excluding diaryl/α,β-unsaturated/α-hetero) is 1. The molecule has 0 saturated heterocycles. The number of ketones is 1. The van der Waals surface area contributed by atoms with Gasteiger partial charge in [0.15, 0.2) is 11.5 Å². The maximum Gasteiger partial charge on any atom is 0.290 e. The monoisotopic (exact) mass is 429 g/mol. The summed E-state index contributed by atoms with van der Waals surface area (Å²) in [6, 6.07) is 16.5. The number of nitrogens with zero attached hydrogens (tertiary/aromatic N) is 1. The first-order chi connectivity index (χ1) is 15.6. The van der Waals surface area contributed by atoms with Crippen LogP contribution in [0.1, 0.15) is 66.8 Å². The van der Waals surface area contributed by atoms with Gasteiger partial charge in [0.05, 0.1) is 11.6 Å². The number of fused-ring (bicyclic) bond motifs is 1. The van der Waals surface area contributed by atoms with E-state index in [4.69, 9.17) is 4.42 Å². The van der Waals surface area contributed by atoms with Crippen LogP contribution in [0, 0.1) is 0 Å². The minimum Gasteiger partial charge on any atom is -0.503 e. The standard InChI is InChI=1S/C27H27NO4/c1-2-17-12-14-18(15-13-17)24-23(25(29)22-16-19-8-6-7-11-21(19)32-22)26(30)27(31)28(24)20-9-4-3-5-10-20/h6-8,11-16,20,24,30H,2-5,9-10H2,1H3. The normalized spacial score (nSPS) is 19.8. The molecule has 5 rings (SSSR count). The number of aliphatic hydroxyl groups excluding tert-OH is 1. The zero-order valence-corrected chi connectivity index (χ0v) is 18.2. The lowest BCUT2D eigenvalue weighted by Gasteiger charge is -2.36. The number of amides is 1. The van der Waals surface area contributed by atoms with Gasteiger partial charge in [-0.3, -0.25) is 9.59 Å². The lowest BCUT2D eigenvalue weighted by atomic mass is 9.90. The van der Waals surface area contributed by atoms with Gasteiger partial charge in [-0.25, -0.2) is 0 Å². The molecule has 1 aliphatic carbocycles. The molecule has 2 aliphatic rings. The zero-order valence-electron chi connectivity index (χ0n) is 18.2. The molecule has 2 aromatic carbocycles. The maximum atomic E-state index is 13.6. The van der Waals surface area contributed by atoms with E-state index in [0.717, 1.165) is 49.5 Å². The van der Waals surface area contributed by atoms with E-state index < -0.39 is 23.5 Å². The molecule has 1 N–H and O–H groups in total. The van der Waals surface area contributed by atoms with Crippen LogP contribution in [-0.4, -0.2) is 27.7 Å². The Balaban J connectivity index is 1.60. The summed E-state index contributed by atoms with van der Waals surface area (Å²) in [7, 11) is 0. The lowest BCUT2D eigenvalue weighted by Crippen LogP contribution is -2.41. The molecular formula is C27H27NO4. The molecule has 5 heteroatoms. The number of furan rings is 1. The number of aliphatic hydroxyl groups is 1. The van der Waals surface area contributed by atoms with Gasteiger partial charge < -0.3 is 14.4 Å². The van der Waals surface area contributed by atoms with Crippen molar-refractivity contribution in [1.29, 1.82) is 0 Å². The molecule has 1 aliphatic heterocycles. The largest absolute Gasteiger partial charge is 0.503 e. The lowest BCUT2D eigenvalue weighted by molar-refractivity contribution is -0.132. The third-order valence-electron chi connectivity index (χ3n) is 6.81. The third-order valence-corrected chi connectivity index (χ3v) is 6.81. The fourth-order valence-electron chi connectivity index (χ4n) is 5.08. The number of aryl methyl sites for hydroxylation is 1. The fourth-order valence-corrected chi connectivity index (χ4v) is 5.08. The Morgan fingerprint density at radius 3 is 2.47 bits per heavy atom. The highest BCUT2D eigenvalue weighted by molar-refractivity contribution is 6.16. The van der Waals surface area contributed by atoms with E-state index in [-0.39, 0.29) is 17.4 Å². The van der Waals surface area contributed by atoms with Crippen LogP contribution < -0.4 is 0 Å². The number of para-hydroxylation sites is 1. The number of hydrogen-bond acceptors (Lipinski definition) is 4. The highest BCUT2D eigenvalue weighted by Gasteiger charge is 2.47. The molecule has 1 unspecified atom stereocenters. The second kappa shape index (κ2) is 8.30. The summed E-state index contributed by atoms with van der Waals surface area (Å²) in [6.07, 6.45) is 5.91. The highest BCUT2D eigenvalue weighted by atomic mass is 16.3. The summed E-state index contributed by atoms with van der Waals surface area (Å²) in [4.78, 5) is 28.6. The van der Waals surface area contributed by atoms with E-state index in [0.29, 0.717) is 5.58 Å². The van der Waals surface area contributed by atoms with E-state index in [1.807, 2.05) is 42.5 Å². The van der Waals surface area contributed by atoms with E-state index in [1.54, 1.807) is 17.0 Å². The van der Waals surface area contributed by atoms with Crippen LogP contribution in [0.3, 0.4) is 0 Å². The molecule has 0 spiro atoms. The summed E-state index contributed by atoms with van der Waals surface area (Å²) < 4.78 is 5.80. The Labute approximate surface area is 187 Å². The highest BCUT2D eigenvalue weighted by Crippen LogP contribution is 2.43. The first-order valence-electron chi connectivity index (χ1n) is 11.5.